The molecule has 0 amide bonds. The highest BCUT2D eigenvalue weighted by Crippen LogP contribution is 2.35. The van der Waals surface area contributed by atoms with Gasteiger partial charge in [-0.2, -0.15) is 4.31 Å². The molecule has 1 aliphatic rings. The minimum absolute atomic E-state index is 0.127. The van der Waals surface area contributed by atoms with Crippen molar-refractivity contribution in [2.24, 2.45) is 0 Å². The van der Waals surface area contributed by atoms with Gasteiger partial charge in [0.2, 0.25) is 10.0 Å². The second-order valence-corrected chi connectivity index (χ2v) is 10.9. The van der Waals surface area contributed by atoms with Gasteiger partial charge in [-0.1, -0.05) is 42.5 Å². The summed E-state index contributed by atoms with van der Waals surface area (Å²) in [7, 11) is -3.60. The van der Waals surface area contributed by atoms with Gasteiger partial charge >= 0.3 is 0 Å². The Morgan fingerprint density at radius 1 is 1.06 bits per heavy atom. The summed E-state index contributed by atoms with van der Waals surface area (Å²) >= 11 is 1.51. The Kier molecular flexibility index (Phi) is 5.88. The lowest BCUT2D eigenvalue weighted by molar-refractivity contribution is 0.0730. The van der Waals surface area contributed by atoms with Crippen LogP contribution in [0, 0.1) is 6.92 Å². The van der Waals surface area contributed by atoms with Crippen LogP contribution < -0.4 is 5.56 Å². The second-order valence-electron chi connectivity index (χ2n) is 7.94. The lowest BCUT2D eigenvalue weighted by Gasteiger charge is -2.26. The zero-order chi connectivity index (χ0) is 23.0. The molecule has 0 aliphatic carbocycles. The van der Waals surface area contributed by atoms with Gasteiger partial charge in [0.05, 0.1) is 36.4 Å². The van der Waals surface area contributed by atoms with Gasteiger partial charge in [-0.15, -0.1) is 11.3 Å². The number of aromatic nitrogens is 2. The van der Waals surface area contributed by atoms with Gasteiger partial charge in [-0.3, -0.25) is 9.36 Å². The monoisotopic (exact) mass is 481 g/mol. The summed E-state index contributed by atoms with van der Waals surface area (Å²) in [4.78, 5) is 19.8. The van der Waals surface area contributed by atoms with Crippen LogP contribution in [0.4, 0.5) is 0 Å². The van der Waals surface area contributed by atoms with Crippen molar-refractivity contribution in [3.05, 3.63) is 82.4 Å². The molecule has 0 bridgehead atoms. The third-order valence-electron chi connectivity index (χ3n) is 5.81. The number of hydrogen-bond acceptors (Lipinski definition) is 6. The molecule has 0 atom stereocenters. The Bertz CT molecular complexity index is 1470. The van der Waals surface area contributed by atoms with E-state index in [1.807, 2.05) is 43.3 Å². The highest BCUT2D eigenvalue weighted by Gasteiger charge is 2.26. The van der Waals surface area contributed by atoms with Crippen molar-refractivity contribution in [3.63, 3.8) is 0 Å². The van der Waals surface area contributed by atoms with Crippen molar-refractivity contribution < 1.29 is 13.2 Å². The number of thiophene rings is 1. The summed E-state index contributed by atoms with van der Waals surface area (Å²) in [6.07, 6.45) is 1.54. The molecule has 1 saturated heterocycles. The fourth-order valence-corrected chi connectivity index (χ4v) is 6.70. The maximum absolute atomic E-state index is 13.3. The lowest BCUT2D eigenvalue weighted by Crippen LogP contribution is -2.40. The number of ether oxygens (including phenoxy) is 1. The van der Waals surface area contributed by atoms with Gasteiger partial charge < -0.3 is 4.74 Å². The Morgan fingerprint density at radius 3 is 2.58 bits per heavy atom. The third-order valence-corrected chi connectivity index (χ3v) is 8.96. The number of benzene rings is 2. The first-order valence-corrected chi connectivity index (χ1v) is 12.9. The predicted molar refractivity (Wildman–Crippen MR) is 129 cm³/mol. The molecule has 1 aliphatic heterocycles. The van der Waals surface area contributed by atoms with E-state index in [1.165, 1.54) is 20.2 Å². The van der Waals surface area contributed by atoms with Crippen LogP contribution in [-0.4, -0.2) is 48.6 Å². The molecule has 0 unspecified atom stereocenters. The van der Waals surface area contributed by atoms with E-state index >= 15 is 0 Å². The van der Waals surface area contributed by atoms with E-state index in [4.69, 9.17) is 4.74 Å². The fourth-order valence-electron chi connectivity index (χ4n) is 4.07. The van der Waals surface area contributed by atoms with Crippen LogP contribution in [0.25, 0.3) is 20.7 Å². The van der Waals surface area contributed by atoms with E-state index in [0.717, 1.165) is 21.6 Å². The molecule has 9 heteroatoms. The van der Waals surface area contributed by atoms with E-state index in [1.54, 1.807) is 24.5 Å². The average Bonchev–Trinajstić information content (AvgIpc) is 3.19. The quantitative estimate of drug-likeness (QED) is 0.436. The normalized spacial score (nSPS) is 15.2. The van der Waals surface area contributed by atoms with Crippen LogP contribution in [0.1, 0.15) is 11.1 Å². The Hall–Kier alpha value is -2.85. The van der Waals surface area contributed by atoms with E-state index < -0.39 is 10.0 Å². The Balaban J connectivity index is 1.49. The minimum Gasteiger partial charge on any atom is -0.379 e. The topological polar surface area (TPSA) is 81.5 Å². The summed E-state index contributed by atoms with van der Waals surface area (Å²) in [6.45, 7) is 3.66. The summed E-state index contributed by atoms with van der Waals surface area (Å²) in [5, 5.41) is 0.610. The highest BCUT2D eigenvalue weighted by molar-refractivity contribution is 7.89. The number of rotatable bonds is 5. The number of aryl methyl sites for hydroxylation is 1. The first-order valence-electron chi connectivity index (χ1n) is 10.7. The summed E-state index contributed by atoms with van der Waals surface area (Å²) in [6, 6.07) is 16.7. The molecule has 2 aromatic heterocycles. The molecule has 170 valence electrons. The molecular weight excluding hydrogens is 458 g/mol. The predicted octanol–water partition coefficient (Wildman–Crippen LogP) is 3.50. The van der Waals surface area contributed by atoms with Gasteiger partial charge in [0.25, 0.3) is 5.56 Å². The van der Waals surface area contributed by atoms with Gasteiger partial charge in [-0.25, -0.2) is 13.4 Å². The van der Waals surface area contributed by atoms with Crippen molar-refractivity contribution >= 4 is 31.6 Å². The Morgan fingerprint density at radius 2 is 1.82 bits per heavy atom. The zero-order valence-corrected chi connectivity index (χ0v) is 19.7. The number of morpholine rings is 1. The molecule has 0 radical (unpaired) electrons. The van der Waals surface area contributed by atoms with Gasteiger partial charge in [0.15, 0.2) is 0 Å². The highest BCUT2D eigenvalue weighted by atomic mass is 32.2. The molecule has 0 saturated carbocycles. The smallest absolute Gasteiger partial charge is 0.262 e. The lowest BCUT2D eigenvalue weighted by atomic mass is 10.1. The summed E-state index contributed by atoms with van der Waals surface area (Å²) < 4.78 is 34.3. The van der Waals surface area contributed by atoms with Crippen LogP contribution in [0.5, 0.6) is 0 Å². The molecule has 33 heavy (non-hydrogen) atoms. The summed E-state index contributed by atoms with van der Waals surface area (Å²) in [5.41, 5.74) is 2.57. The van der Waals surface area contributed by atoms with Crippen molar-refractivity contribution in [3.8, 4) is 10.4 Å². The molecule has 0 spiro atoms. The third kappa shape index (κ3) is 4.13. The van der Waals surface area contributed by atoms with Crippen molar-refractivity contribution in [1.82, 2.24) is 13.9 Å². The number of hydrogen-bond donors (Lipinski definition) is 0. The first-order chi connectivity index (χ1) is 15.9. The number of nitrogens with zero attached hydrogens (tertiary/aromatic N) is 3. The Labute approximate surface area is 195 Å². The number of sulfonamides is 1. The standard InChI is InChI=1S/C24H23N3O4S2/c1-17-21-23(32-22(17)19-7-3-2-4-8-19)25-16-26(24(21)28)15-18-6-5-9-20(14-18)33(29,30)27-10-12-31-13-11-27/h2-9,14,16H,10-13,15H2,1H3. The van der Waals surface area contributed by atoms with Crippen LogP contribution in [0.3, 0.4) is 0 Å². The summed E-state index contributed by atoms with van der Waals surface area (Å²) in [5.74, 6) is 0. The molecule has 7 nitrogen and oxygen atoms in total. The molecule has 5 rings (SSSR count). The van der Waals surface area contributed by atoms with Gasteiger partial charge in [0, 0.05) is 18.0 Å². The van der Waals surface area contributed by atoms with Crippen molar-refractivity contribution in [2.45, 2.75) is 18.4 Å². The van der Waals surface area contributed by atoms with Crippen LogP contribution in [0.2, 0.25) is 0 Å². The minimum atomic E-state index is -3.60. The molecule has 3 heterocycles. The van der Waals surface area contributed by atoms with Gasteiger partial charge in [-0.05, 0) is 35.7 Å². The van der Waals surface area contributed by atoms with Crippen LogP contribution >= 0.6 is 11.3 Å². The second kappa shape index (κ2) is 8.83. The maximum Gasteiger partial charge on any atom is 0.262 e. The number of fused-ring (bicyclic) bond motifs is 1. The van der Waals surface area contributed by atoms with Crippen molar-refractivity contribution in [2.75, 3.05) is 26.3 Å². The van der Waals surface area contributed by atoms with E-state index in [-0.39, 0.29) is 17.0 Å². The van der Waals surface area contributed by atoms with Crippen LogP contribution in [0.15, 0.2) is 70.6 Å². The molecule has 0 N–H and O–H groups in total. The largest absolute Gasteiger partial charge is 0.379 e. The van der Waals surface area contributed by atoms with Crippen molar-refractivity contribution in [1.29, 1.82) is 0 Å². The maximum atomic E-state index is 13.3. The molecule has 2 aromatic carbocycles. The molecular formula is C24H23N3O4S2. The van der Waals surface area contributed by atoms with Crippen LogP contribution in [-0.2, 0) is 21.3 Å². The van der Waals surface area contributed by atoms with Gasteiger partial charge in [0.1, 0.15) is 4.83 Å². The molecule has 4 aromatic rings. The molecule has 1 fully saturated rings. The fraction of sp³-hybridized carbons (Fsp3) is 0.250. The first kappa shape index (κ1) is 22.0. The zero-order valence-electron chi connectivity index (χ0n) is 18.1. The average molecular weight is 482 g/mol. The van der Waals surface area contributed by atoms with E-state index in [9.17, 15) is 13.2 Å². The van der Waals surface area contributed by atoms with E-state index in [0.29, 0.717) is 36.5 Å². The van der Waals surface area contributed by atoms with E-state index in [2.05, 4.69) is 4.98 Å². The SMILES string of the molecule is Cc1c(-c2ccccc2)sc2ncn(Cc3cccc(S(=O)(=O)N4CCOCC4)c3)c(=O)c12.